The molecule has 0 unspecified atom stereocenters. The number of hydrogen-bond donors (Lipinski definition) is 1. The van der Waals surface area contributed by atoms with Crippen LogP contribution < -0.4 is 4.74 Å². The molecule has 0 radical (unpaired) electrons. The van der Waals surface area contributed by atoms with Crippen molar-refractivity contribution in [3.8, 4) is 5.75 Å². The van der Waals surface area contributed by atoms with Gasteiger partial charge in [0.05, 0.1) is 6.61 Å². The van der Waals surface area contributed by atoms with E-state index in [0.29, 0.717) is 18.3 Å². The molecule has 0 atom stereocenters. The van der Waals surface area contributed by atoms with Crippen LogP contribution in [-0.4, -0.2) is 15.2 Å². The van der Waals surface area contributed by atoms with E-state index in [1.165, 1.54) is 0 Å². The minimum absolute atomic E-state index is 0.0392. The number of aromatic nitrogens is 2. The smallest absolute Gasteiger partial charge is 0.229 e. The van der Waals surface area contributed by atoms with Crippen molar-refractivity contribution < 1.29 is 14.4 Å². The molecule has 1 saturated carbocycles. The normalized spacial score (nSPS) is 14.6. The summed E-state index contributed by atoms with van der Waals surface area (Å²) in [6, 6.07) is 3.85. The van der Waals surface area contributed by atoms with Crippen molar-refractivity contribution >= 4 is 0 Å². The summed E-state index contributed by atoms with van der Waals surface area (Å²) in [6.45, 7) is 4.27. The summed E-state index contributed by atoms with van der Waals surface area (Å²) in [6.07, 6.45) is 2.28. The van der Waals surface area contributed by atoms with Crippen molar-refractivity contribution in [2.45, 2.75) is 45.8 Å². The quantitative estimate of drug-likeness (QED) is 0.907. The van der Waals surface area contributed by atoms with Gasteiger partial charge >= 0.3 is 0 Å². The molecular weight excluding hydrogens is 256 g/mol. The molecule has 5 heteroatoms. The molecule has 1 aromatic carbocycles. The second-order valence-electron chi connectivity index (χ2n) is 5.33. The van der Waals surface area contributed by atoms with Gasteiger partial charge in [0.2, 0.25) is 11.7 Å². The highest BCUT2D eigenvalue weighted by molar-refractivity contribution is 5.43. The highest BCUT2D eigenvalue weighted by Crippen LogP contribution is 2.38. The Morgan fingerprint density at radius 3 is 2.60 bits per heavy atom. The van der Waals surface area contributed by atoms with Crippen molar-refractivity contribution in [1.29, 1.82) is 0 Å². The SMILES string of the molecule is Cc1cc(CO)cc(C)c1OCc1noc(C2CC2)n1. The van der Waals surface area contributed by atoms with E-state index in [1.807, 2.05) is 26.0 Å². The first kappa shape index (κ1) is 13.1. The van der Waals surface area contributed by atoms with Crippen molar-refractivity contribution in [3.63, 3.8) is 0 Å². The molecule has 0 saturated heterocycles. The number of aryl methyl sites for hydroxylation is 2. The minimum atomic E-state index is 0.0392. The summed E-state index contributed by atoms with van der Waals surface area (Å²) in [5.74, 6) is 2.59. The number of aliphatic hydroxyl groups is 1. The molecule has 0 bridgehead atoms. The average Bonchev–Trinajstić information content (AvgIpc) is 3.17. The highest BCUT2D eigenvalue weighted by Gasteiger charge is 2.29. The molecular formula is C15H18N2O3. The third-order valence-electron chi connectivity index (χ3n) is 3.46. The molecule has 1 aliphatic carbocycles. The van der Waals surface area contributed by atoms with Crippen molar-refractivity contribution in [1.82, 2.24) is 10.1 Å². The predicted molar refractivity (Wildman–Crippen MR) is 72.4 cm³/mol. The van der Waals surface area contributed by atoms with Gasteiger partial charge in [-0.15, -0.1) is 0 Å². The van der Waals surface area contributed by atoms with Gasteiger partial charge < -0.3 is 14.4 Å². The molecule has 2 aromatic rings. The average molecular weight is 274 g/mol. The van der Waals surface area contributed by atoms with Gasteiger partial charge in [-0.2, -0.15) is 4.98 Å². The van der Waals surface area contributed by atoms with Crippen LogP contribution in [0.3, 0.4) is 0 Å². The van der Waals surface area contributed by atoms with Gasteiger partial charge in [0.25, 0.3) is 0 Å². The van der Waals surface area contributed by atoms with E-state index in [1.54, 1.807) is 0 Å². The Kier molecular flexibility index (Phi) is 3.44. The fourth-order valence-electron chi connectivity index (χ4n) is 2.32. The van der Waals surface area contributed by atoms with Gasteiger partial charge in [0.15, 0.2) is 6.61 Å². The van der Waals surface area contributed by atoms with E-state index in [4.69, 9.17) is 9.26 Å². The molecule has 1 fully saturated rings. The van der Waals surface area contributed by atoms with Crippen molar-refractivity contribution in [3.05, 3.63) is 40.5 Å². The number of rotatable bonds is 5. The van der Waals surface area contributed by atoms with Crippen LogP contribution in [0.5, 0.6) is 5.75 Å². The lowest BCUT2D eigenvalue weighted by molar-refractivity contribution is 0.276. The Bertz CT molecular complexity index is 594. The maximum atomic E-state index is 9.17. The number of hydrogen-bond acceptors (Lipinski definition) is 5. The highest BCUT2D eigenvalue weighted by atomic mass is 16.5. The van der Waals surface area contributed by atoms with Crippen LogP contribution in [-0.2, 0) is 13.2 Å². The lowest BCUT2D eigenvalue weighted by Crippen LogP contribution is -2.01. The Labute approximate surface area is 117 Å². The first-order valence-electron chi connectivity index (χ1n) is 6.83. The first-order valence-corrected chi connectivity index (χ1v) is 6.83. The van der Waals surface area contributed by atoms with Crippen LogP contribution in [0.1, 0.15) is 47.2 Å². The molecule has 1 aromatic heterocycles. The fraction of sp³-hybridized carbons (Fsp3) is 0.467. The summed E-state index contributed by atoms with van der Waals surface area (Å²) < 4.78 is 11.0. The lowest BCUT2D eigenvalue weighted by Gasteiger charge is -2.12. The zero-order chi connectivity index (χ0) is 14.1. The van der Waals surface area contributed by atoms with Crippen LogP contribution in [0.4, 0.5) is 0 Å². The van der Waals surface area contributed by atoms with E-state index in [-0.39, 0.29) is 6.61 Å². The largest absolute Gasteiger partial charge is 0.485 e. The second kappa shape index (κ2) is 5.25. The Hall–Kier alpha value is -1.88. The van der Waals surface area contributed by atoms with E-state index in [9.17, 15) is 5.11 Å². The van der Waals surface area contributed by atoms with Gasteiger partial charge in [-0.05, 0) is 43.4 Å². The molecule has 0 amide bonds. The molecule has 1 heterocycles. The summed E-state index contributed by atoms with van der Waals surface area (Å²) in [5.41, 5.74) is 2.89. The summed E-state index contributed by atoms with van der Waals surface area (Å²) in [5, 5.41) is 13.1. The zero-order valence-electron chi connectivity index (χ0n) is 11.7. The Morgan fingerprint density at radius 2 is 2.00 bits per heavy atom. The number of ether oxygens (including phenoxy) is 1. The van der Waals surface area contributed by atoms with E-state index >= 15 is 0 Å². The van der Waals surface area contributed by atoms with Crippen LogP contribution in [0.25, 0.3) is 0 Å². The molecule has 1 aliphatic rings. The number of aliphatic hydroxyl groups excluding tert-OH is 1. The van der Waals surface area contributed by atoms with Gasteiger partial charge in [0.1, 0.15) is 5.75 Å². The summed E-state index contributed by atoms with van der Waals surface area (Å²) >= 11 is 0. The summed E-state index contributed by atoms with van der Waals surface area (Å²) in [7, 11) is 0. The van der Waals surface area contributed by atoms with Crippen LogP contribution in [0.2, 0.25) is 0 Å². The third-order valence-corrected chi connectivity index (χ3v) is 3.46. The maximum absolute atomic E-state index is 9.17. The number of benzene rings is 1. The van der Waals surface area contributed by atoms with Gasteiger partial charge in [-0.3, -0.25) is 0 Å². The van der Waals surface area contributed by atoms with Crippen LogP contribution in [0.15, 0.2) is 16.7 Å². The van der Waals surface area contributed by atoms with Crippen molar-refractivity contribution in [2.75, 3.05) is 0 Å². The van der Waals surface area contributed by atoms with Gasteiger partial charge in [-0.1, -0.05) is 17.3 Å². The van der Waals surface area contributed by atoms with Gasteiger partial charge in [0, 0.05) is 5.92 Å². The minimum Gasteiger partial charge on any atom is -0.485 e. The topological polar surface area (TPSA) is 68.4 Å². The molecule has 106 valence electrons. The molecule has 5 nitrogen and oxygen atoms in total. The second-order valence-corrected chi connectivity index (χ2v) is 5.33. The Morgan fingerprint density at radius 1 is 1.30 bits per heavy atom. The first-order chi connectivity index (χ1) is 9.67. The molecule has 3 rings (SSSR count). The van der Waals surface area contributed by atoms with Crippen molar-refractivity contribution in [2.24, 2.45) is 0 Å². The molecule has 20 heavy (non-hydrogen) atoms. The van der Waals surface area contributed by atoms with E-state index < -0.39 is 0 Å². The van der Waals surface area contributed by atoms with Crippen LogP contribution in [0, 0.1) is 13.8 Å². The number of nitrogens with zero attached hydrogens (tertiary/aromatic N) is 2. The molecule has 0 spiro atoms. The molecule has 1 N–H and O–H groups in total. The molecule has 0 aliphatic heterocycles. The third kappa shape index (κ3) is 2.67. The predicted octanol–water partition coefficient (Wildman–Crippen LogP) is 2.64. The zero-order valence-corrected chi connectivity index (χ0v) is 11.7. The fourth-order valence-corrected chi connectivity index (χ4v) is 2.32. The standard InChI is InChI=1S/C15H18N2O3/c1-9-5-11(7-18)6-10(2)14(9)19-8-13-16-15(20-17-13)12-3-4-12/h5-6,12,18H,3-4,7-8H2,1-2H3. The lowest BCUT2D eigenvalue weighted by atomic mass is 10.1. The van der Waals surface area contributed by atoms with E-state index in [2.05, 4.69) is 10.1 Å². The van der Waals surface area contributed by atoms with E-state index in [0.717, 1.165) is 41.2 Å². The van der Waals surface area contributed by atoms with Crippen LogP contribution >= 0.6 is 0 Å². The Balaban J connectivity index is 1.70. The summed E-state index contributed by atoms with van der Waals surface area (Å²) in [4.78, 5) is 4.34. The maximum Gasteiger partial charge on any atom is 0.229 e. The monoisotopic (exact) mass is 274 g/mol. The van der Waals surface area contributed by atoms with Gasteiger partial charge in [-0.25, -0.2) is 0 Å².